The molecule has 1 aliphatic rings. The van der Waals surface area contributed by atoms with Crippen LogP contribution in [0, 0.1) is 11.2 Å². The Kier molecular flexibility index (Phi) is 4.92. The third-order valence-corrected chi connectivity index (χ3v) is 4.76. The maximum Gasteiger partial charge on any atom is 0.151 e. The molecule has 1 fully saturated rings. The summed E-state index contributed by atoms with van der Waals surface area (Å²) >= 11 is 0. The van der Waals surface area contributed by atoms with Crippen LogP contribution in [0.25, 0.3) is 0 Å². The predicted octanol–water partition coefficient (Wildman–Crippen LogP) is 3.45. The largest absolute Gasteiger partial charge is 0.298 e. The number of carbonyl (C=O) groups excluding carboxylic acids is 1. The highest BCUT2D eigenvalue weighted by Gasteiger charge is 2.35. The minimum Gasteiger partial charge on any atom is -0.298 e. The Labute approximate surface area is 121 Å². The molecule has 1 aliphatic heterocycles. The predicted molar refractivity (Wildman–Crippen MR) is 79.2 cm³/mol. The van der Waals surface area contributed by atoms with Crippen molar-refractivity contribution < 1.29 is 9.18 Å². The standard InChI is InChI=1S/C17H24FNO/c1-3-17(4-2)9-10-19(13-17)12-15(20)11-14-7-5-6-8-16(14)18/h5-8H,3-4,9-13H2,1-2H3. The molecule has 0 spiro atoms. The normalized spacial score (nSPS) is 18.4. The molecule has 2 rings (SSSR count). The van der Waals surface area contributed by atoms with Crippen molar-refractivity contribution in [1.29, 1.82) is 0 Å². The Morgan fingerprint density at radius 1 is 1.30 bits per heavy atom. The van der Waals surface area contributed by atoms with Crippen LogP contribution < -0.4 is 0 Å². The molecule has 20 heavy (non-hydrogen) atoms. The number of nitrogens with zero attached hydrogens (tertiary/aromatic N) is 1. The molecule has 1 saturated heterocycles. The molecule has 0 amide bonds. The minimum atomic E-state index is -0.279. The highest BCUT2D eigenvalue weighted by molar-refractivity contribution is 5.82. The van der Waals surface area contributed by atoms with Gasteiger partial charge in [0.2, 0.25) is 0 Å². The van der Waals surface area contributed by atoms with Crippen LogP contribution in [0.5, 0.6) is 0 Å². The van der Waals surface area contributed by atoms with Crippen LogP contribution >= 0.6 is 0 Å². The summed E-state index contributed by atoms with van der Waals surface area (Å²) in [5, 5.41) is 0. The number of Topliss-reactive ketones (excluding diaryl/α,β-unsaturated/α-hetero) is 1. The average molecular weight is 277 g/mol. The molecular formula is C17H24FNO. The van der Waals surface area contributed by atoms with Gasteiger partial charge >= 0.3 is 0 Å². The van der Waals surface area contributed by atoms with Crippen molar-refractivity contribution in [2.75, 3.05) is 19.6 Å². The van der Waals surface area contributed by atoms with Crippen molar-refractivity contribution in [3.8, 4) is 0 Å². The zero-order chi connectivity index (χ0) is 14.6. The van der Waals surface area contributed by atoms with Crippen LogP contribution in [0.15, 0.2) is 24.3 Å². The summed E-state index contributed by atoms with van der Waals surface area (Å²) < 4.78 is 13.5. The van der Waals surface area contributed by atoms with Crippen LogP contribution in [0.4, 0.5) is 4.39 Å². The van der Waals surface area contributed by atoms with Gasteiger partial charge in [0, 0.05) is 13.0 Å². The number of hydrogen-bond donors (Lipinski definition) is 0. The zero-order valence-corrected chi connectivity index (χ0v) is 12.5. The highest BCUT2D eigenvalue weighted by Crippen LogP contribution is 2.36. The SMILES string of the molecule is CCC1(CC)CCN(CC(=O)Cc2ccccc2F)C1. The minimum absolute atomic E-state index is 0.109. The first kappa shape index (κ1) is 15.2. The second-order valence-electron chi connectivity index (χ2n) is 5.97. The highest BCUT2D eigenvalue weighted by atomic mass is 19.1. The maximum absolute atomic E-state index is 13.5. The molecule has 0 atom stereocenters. The molecule has 0 unspecified atom stereocenters. The zero-order valence-electron chi connectivity index (χ0n) is 12.5. The van der Waals surface area contributed by atoms with Gasteiger partial charge in [0.25, 0.3) is 0 Å². The molecule has 0 aliphatic carbocycles. The summed E-state index contributed by atoms with van der Waals surface area (Å²) in [4.78, 5) is 14.3. The Morgan fingerprint density at radius 2 is 2.00 bits per heavy atom. The second kappa shape index (κ2) is 6.49. The van der Waals surface area contributed by atoms with Gasteiger partial charge < -0.3 is 0 Å². The fourth-order valence-corrected chi connectivity index (χ4v) is 3.15. The third-order valence-electron chi connectivity index (χ3n) is 4.76. The van der Waals surface area contributed by atoms with Crippen LogP contribution in [-0.2, 0) is 11.2 Å². The Morgan fingerprint density at radius 3 is 2.60 bits per heavy atom. The molecule has 0 bridgehead atoms. The first-order valence-corrected chi connectivity index (χ1v) is 7.56. The average Bonchev–Trinajstić information content (AvgIpc) is 2.85. The third kappa shape index (κ3) is 3.45. The van der Waals surface area contributed by atoms with E-state index >= 15 is 0 Å². The Hall–Kier alpha value is -1.22. The van der Waals surface area contributed by atoms with Crippen molar-refractivity contribution >= 4 is 5.78 Å². The number of benzene rings is 1. The van der Waals surface area contributed by atoms with Crippen LogP contribution in [0.1, 0.15) is 38.7 Å². The Bertz CT molecular complexity index is 468. The van der Waals surface area contributed by atoms with Gasteiger partial charge in [0.1, 0.15) is 5.82 Å². The molecule has 3 heteroatoms. The summed E-state index contributed by atoms with van der Waals surface area (Å²) in [7, 11) is 0. The van der Waals surface area contributed by atoms with Gasteiger partial charge in [-0.1, -0.05) is 32.0 Å². The fourth-order valence-electron chi connectivity index (χ4n) is 3.15. The van der Waals surface area contributed by atoms with Gasteiger partial charge in [-0.2, -0.15) is 0 Å². The lowest BCUT2D eigenvalue weighted by Crippen LogP contribution is -2.31. The second-order valence-corrected chi connectivity index (χ2v) is 5.97. The lowest BCUT2D eigenvalue weighted by atomic mass is 9.82. The number of ketones is 1. The van der Waals surface area contributed by atoms with Gasteiger partial charge in [-0.25, -0.2) is 4.39 Å². The van der Waals surface area contributed by atoms with Gasteiger partial charge in [0.05, 0.1) is 6.54 Å². The van der Waals surface area contributed by atoms with Crippen LogP contribution in [0.2, 0.25) is 0 Å². The van der Waals surface area contributed by atoms with E-state index < -0.39 is 0 Å². The summed E-state index contributed by atoms with van der Waals surface area (Å²) in [6.07, 6.45) is 3.71. The monoisotopic (exact) mass is 277 g/mol. The number of hydrogen-bond acceptors (Lipinski definition) is 2. The fraction of sp³-hybridized carbons (Fsp3) is 0.588. The first-order chi connectivity index (χ1) is 9.58. The molecule has 1 aromatic carbocycles. The summed E-state index contributed by atoms with van der Waals surface area (Å²) in [6, 6.07) is 6.54. The van der Waals surface area contributed by atoms with Gasteiger partial charge in [0.15, 0.2) is 5.78 Å². The summed E-state index contributed by atoms with van der Waals surface area (Å²) in [6.45, 7) is 6.91. The number of carbonyl (C=O) groups is 1. The Balaban J connectivity index is 1.89. The number of likely N-dealkylation sites (tertiary alicyclic amines) is 1. The van der Waals surface area contributed by atoms with Crippen molar-refractivity contribution in [3.63, 3.8) is 0 Å². The molecular weight excluding hydrogens is 253 g/mol. The molecule has 110 valence electrons. The molecule has 0 radical (unpaired) electrons. The van der Waals surface area contributed by atoms with Crippen molar-refractivity contribution in [1.82, 2.24) is 4.90 Å². The molecule has 0 N–H and O–H groups in total. The lowest BCUT2D eigenvalue weighted by molar-refractivity contribution is -0.119. The van der Waals surface area contributed by atoms with Crippen molar-refractivity contribution in [3.05, 3.63) is 35.6 Å². The van der Waals surface area contributed by atoms with E-state index in [1.807, 2.05) is 0 Å². The van der Waals surface area contributed by atoms with E-state index in [0.717, 1.165) is 13.1 Å². The summed E-state index contributed by atoms with van der Waals surface area (Å²) in [5.74, 6) is -0.170. The van der Waals surface area contributed by atoms with E-state index in [-0.39, 0.29) is 18.0 Å². The molecule has 1 heterocycles. The maximum atomic E-state index is 13.5. The van der Waals surface area contributed by atoms with Crippen LogP contribution in [0.3, 0.4) is 0 Å². The lowest BCUT2D eigenvalue weighted by Gasteiger charge is -2.26. The van der Waals surface area contributed by atoms with E-state index in [2.05, 4.69) is 18.7 Å². The van der Waals surface area contributed by atoms with Gasteiger partial charge in [-0.15, -0.1) is 0 Å². The quantitative estimate of drug-likeness (QED) is 0.794. The molecule has 0 saturated carbocycles. The van der Waals surface area contributed by atoms with Crippen LogP contribution in [-0.4, -0.2) is 30.3 Å². The number of rotatable bonds is 6. The van der Waals surface area contributed by atoms with E-state index in [1.54, 1.807) is 18.2 Å². The number of halogens is 1. The molecule has 1 aromatic rings. The van der Waals surface area contributed by atoms with Gasteiger partial charge in [-0.3, -0.25) is 9.69 Å². The van der Waals surface area contributed by atoms with E-state index in [4.69, 9.17) is 0 Å². The molecule has 2 nitrogen and oxygen atoms in total. The van der Waals surface area contributed by atoms with Gasteiger partial charge in [-0.05, 0) is 42.9 Å². The van der Waals surface area contributed by atoms with Crippen molar-refractivity contribution in [2.24, 2.45) is 5.41 Å². The first-order valence-electron chi connectivity index (χ1n) is 7.56. The van der Waals surface area contributed by atoms with E-state index in [9.17, 15) is 9.18 Å². The molecule has 0 aromatic heterocycles. The summed E-state index contributed by atoms with van der Waals surface area (Å²) in [5.41, 5.74) is 0.895. The van der Waals surface area contributed by atoms with E-state index in [0.29, 0.717) is 17.5 Å². The van der Waals surface area contributed by atoms with E-state index in [1.165, 1.54) is 25.3 Å². The topological polar surface area (TPSA) is 20.3 Å². The van der Waals surface area contributed by atoms with Crippen molar-refractivity contribution in [2.45, 2.75) is 39.5 Å². The smallest absolute Gasteiger partial charge is 0.151 e.